The molecule has 12 heteroatoms. The quantitative estimate of drug-likeness (QED) is 0.290. The van der Waals surface area contributed by atoms with Gasteiger partial charge in [-0.05, 0) is 42.3 Å². The second kappa shape index (κ2) is 13.2. The fourth-order valence-corrected chi connectivity index (χ4v) is 4.68. The van der Waals surface area contributed by atoms with Crippen LogP contribution in [0.5, 0.6) is 5.75 Å². The maximum absolute atomic E-state index is 10.3. The highest BCUT2D eigenvalue weighted by atomic mass is 16.5. The van der Waals surface area contributed by atoms with E-state index in [1.807, 2.05) is 36.7 Å². The number of carboxylic acids is 3. The number of methoxy groups -OCH3 is 1. The lowest BCUT2D eigenvalue weighted by Gasteiger charge is -2.39. The first-order valence-electron chi connectivity index (χ1n) is 12.7. The van der Waals surface area contributed by atoms with Crippen molar-refractivity contribution in [2.75, 3.05) is 13.7 Å². The summed E-state index contributed by atoms with van der Waals surface area (Å²) in [4.78, 5) is 42.2. The van der Waals surface area contributed by atoms with Crippen molar-refractivity contribution in [3.63, 3.8) is 0 Å². The number of carbonyl (C=O) groups is 3. The zero-order chi connectivity index (χ0) is 29.4. The van der Waals surface area contributed by atoms with E-state index in [1.165, 1.54) is 5.69 Å². The van der Waals surface area contributed by atoms with Gasteiger partial charge < -0.3 is 29.7 Å². The number of hydrogen-bond acceptors (Lipinski definition) is 8. The van der Waals surface area contributed by atoms with Gasteiger partial charge in [0.05, 0.1) is 26.0 Å². The fraction of sp³-hybridized carbons (Fsp3) is 0.393. The summed E-state index contributed by atoms with van der Waals surface area (Å²) < 4.78 is 7.59. The van der Waals surface area contributed by atoms with Gasteiger partial charge in [0.1, 0.15) is 5.75 Å². The number of benzene rings is 1. The van der Waals surface area contributed by atoms with E-state index in [9.17, 15) is 14.4 Å². The van der Waals surface area contributed by atoms with Crippen molar-refractivity contribution in [2.24, 2.45) is 5.92 Å². The van der Waals surface area contributed by atoms with E-state index in [-0.39, 0.29) is 0 Å². The summed E-state index contributed by atoms with van der Waals surface area (Å²) >= 11 is 0. The zero-order valence-corrected chi connectivity index (χ0v) is 22.6. The lowest BCUT2D eigenvalue weighted by molar-refractivity contribution is -0.170. The van der Waals surface area contributed by atoms with Crippen LogP contribution < -0.4 is 4.74 Å². The minimum atomic E-state index is -2.74. The van der Waals surface area contributed by atoms with Gasteiger partial charge in [0, 0.05) is 55.0 Å². The summed E-state index contributed by atoms with van der Waals surface area (Å²) in [5.41, 5.74) is 0.820. The van der Waals surface area contributed by atoms with Crippen LogP contribution >= 0.6 is 0 Å². The number of rotatable bonds is 10. The summed E-state index contributed by atoms with van der Waals surface area (Å²) in [7, 11) is 1.67. The summed E-state index contributed by atoms with van der Waals surface area (Å²) in [5.74, 6) is -2.88. The molecule has 0 fully saturated rings. The second-order valence-electron chi connectivity index (χ2n) is 9.91. The van der Waals surface area contributed by atoms with Crippen molar-refractivity contribution in [3.8, 4) is 17.1 Å². The number of aliphatic carboxylic acids is 3. The average Bonchev–Trinajstić information content (AvgIpc) is 3.37. The van der Waals surface area contributed by atoms with E-state index >= 15 is 0 Å². The van der Waals surface area contributed by atoms with Gasteiger partial charge in [0.2, 0.25) is 0 Å². The van der Waals surface area contributed by atoms with Gasteiger partial charge >= 0.3 is 17.9 Å². The Morgan fingerprint density at radius 3 is 2.10 bits per heavy atom. The minimum Gasteiger partial charge on any atom is -0.497 e. The van der Waals surface area contributed by atoms with Crippen LogP contribution in [0, 0.1) is 5.92 Å². The van der Waals surface area contributed by atoms with Crippen molar-refractivity contribution in [1.29, 1.82) is 0 Å². The van der Waals surface area contributed by atoms with E-state index in [2.05, 4.69) is 51.6 Å². The monoisotopic (exact) mass is 554 g/mol. The second-order valence-corrected chi connectivity index (χ2v) is 9.91. The number of aromatic nitrogens is 3. The zero-order valence-electron chi connectivity index (χ0n) is 22.6. The van der Waals surface area contributed by atoms with Gasteiger partial charge in [-0.15, -0.1) is 0 Å². The molecule has 0 aliphatic carbocycles. The Morgan fingerprint density at radius 2 is 1.60 bits per heavy atom. The van der Waals surface area contributed by atoms with E-state index in [0.29, 0.717) is 12.0 Å². The molecule has 214 valence electrons. The summed E-state index contributed by atoms with van der Waals surface area (Å²) in [6, 6.07) is 12.7. The molecule has 0 amide bonds. The lowest BCUT2D eigenvalue weighted by atomic mass is 9.96. The molecule has 0 spiro atoms. The molecule has 3 aromatic rings. The summed E-state index contributed by atoms with van der Waals surface area (Å²) in [5, 5.41) is 33.8. The van der Waals surface area contributed by atoms with Crippen molar-refractivity contribution in [1.82, 2.24) is 19.4 Å². The maximum Gasteiger partial charge on any atom is 0.336 e. The minimum absolute atomic E-state index is 0.426. The molecule has 0 bridgehead atoms. The average molecular weight is 555 g/mol. The smallest absolute Gasteiger partial charge is 0.336 e. The first-order chi connectivity index (χ1) is 18.9. The predicted octanol–water partition coefficient (Wildman–Crippen LogP) is 2.92. The van der Waals surface area contributed by atoms with Gasteiger partial charge in [0.15, 0.2) is 11.4 Å². The van der Waals surface area contributed by atoms with Crippen molar-refractivity contribution in [3.05, 3.63) is 66.2 Å². The number of nitrogens with zero attached hydrogens (tertiary/aromatic N) is 4. The number of aliphatic hydroxyl groups is 1. The number of fused-ring (bicyclic) bond motifs is 1. The van der Waals surface area contributed by atoms with Gasteiger partial charge in [-0.2, -0.15) is 0 Å². The molecule has 1 aromatic carbocycles. The maximum atomic E-state index is 10.3. The topological polar surface area (TPSA) is 175 Å². The van der Waals surface area contributed by atoms with Crippen LogP contribution in [-0.4, -0.2) is 77.0 Å². The molecule has 4 rings (SSSR count). The van der Waals surface area contributed by atoms with E-state index in [0.717, 1.165) is 42.3 Å². The Kier molecular flexibility index (Phi) is 9.97. The standard InChI is InChI=1S/C22H26N4O.C6H8O7/c1-16(2)21-20-5-4-10-25(20)11-12-26(21)15-17-13-23-22(24-14-17)18-6-8-19(27-3)9-7-18;7-3(8)1-6(13,5(11)12)2-4(9)10/h4-10,13-14,16,21H,11-12,15H2,1-3H3;13H,1-2H2,(H,7,8)(H,9,10)(H,11,12). The van der Waals surface area contributed by atoms with Crippen molar-refractivity contribution in [2.45, 2.75) is 51.4 Å². The molecule has 1 atom stereocenters. The van der Waals surface area contributed by atoms with Gasteiger partial charge in [-0.1, -0.05) is 13.8 Å². The molecule has 3 heterocycles. The predicted molar refractivity (Wildman–Crippen MR) is 144 cm³/mol. The van der Waals surface area contributed by atoms with Crippen molar-refractivity contribution < 1.29 is 39.5 Å². The molecule has 40 heavy (non-hydrogen) atoms. The summed E-state index contributed by atoms with van der Waals surface area (Å²) in [6.45, 7) is 7.55. The van der Waals surface area contributed by atoms with Crippen LogP contribution in [0.1, 0.15) is 44.0 Å². The number of carboxylic acid groups (broad SMARTS) is 3. The van der Waals surface area contributed by atoms with Gasteiger partial charge in [-0.3, -0.25) is 14.5 Å². The van der Waals surface area contributed by atoms with E-state index < -0.39 is 36.4 Å². The Bertz CT molecular complexity index is 1290. The molecule has 1 aliphatic rings. The molecule has 0 saturated heterocycles. The highest BCUT2D eigenvalue weighted by molar-refractivity contribution is 5.88. The third-order valence-corrected chi connectivity index (χ3v) is 6.55. The third kappa shape index (κ3) is 7.64. The molecule has 4 N–H and O–H groups in total. The number of ether oxygens (including phenoxy) is 1. The third-order valence-electron chi connectivity index (χ3n) is 6.55. The first kappa shape index (κ1) is 30.3. The SMILES string of the molecule is COc1ccc(-c2ncc(CN3CCn4cccc4C3C(C)C)cn2)cc1.O=C(O)CC(O)(CC(=O)O)C(=O)O. The summed E-state index contributed by atoms with van der Waals surface area (Å²) in [6.07, 6.45) is 3.81. The Morgan fingerprint density at radius 1 is 1.00 bits per heavy atom. The van der Waals surface area contributed by atoms with Crippen LogP contribution in [0.3, 0.4) is 0 Å². The molecule has 0 saturated carbocycles. The normalized spacial score (nSPS) is 15.1. The number of hydrogen-bond donors (Lipinski definition) is 4. The van der Waals surface area contributed by atoms with Crippen LogP contribution in [0.4, 0.5) is 0 Å². The van der Waals surface area contributed by atoms with Gasteiger partial charge in [-0.25, -0.2) is 14.8 Å². The highest BCUT2D eigenvalue weighted by Gasteiger charge is 2.40. The Labute approximate surface area is 231 Å². The molecule has 1 unspecified atom stereocenters. The molecular formula is C28H34N4O8. The molecule has 1 aliphatic heterocycles. The van der Waals surface area contributed by atoms with Crippen LogP contribution in [0.15, 0.2) is 55.0 Å². The fourth-order valence-electron chi connectivity index (χ4n) is 4.68. The molecule has 0 radical (unpaired) electrons. The highest BCUT2D eigenvalue weighted by Crippen LogP contribution is 2.33. The van der Waals surface area contributed by atoms with Gasteiger partial charge in [0.25, 0.3) is 0 Å². The molecular weight excluding hydrogens is 520 g/mol. The van der Waals surface area contributed by atoms with Crippen LogP contribution in [-0.2, 0) is 27.5 Å². The molecule has 12 nitrogen and oxygen atoms in total. The van der Waals surface area contributed by atoms with Crippen molar-refractivity contribution >= 4 is 17.9 Å². The van der Waals surface area contributed by atoms with Crippen LogP contribution in [0.2, 0.25) is 0 Å². The first-order valence-corrected chi connectivity index (χ1v) is 12.7. The van der Waals surface area contributed by atoms with Crippen LogP contribution in [0.25, 0.3) is 11.4 Å². The van der Waals surface area contributed by atoms with E-state index in [4.69, 9.17) is 25.2 Å². The molecule has 2 aromatic heterocycles. The lowest BCUT2D eigenvalue weighted by Crippen LogP contribution is -2.42. The Balaban J connectivity index is 0.000000289. The Hall–Kier alpha value is -4.29. The van der Waals surface area contributed by atoms with E-state index in [1.54, 1.807) is 7.11 Å². The largest absolute Gasteiger partial charge is 0.497 e.